The Morgan fingerprint density at radius 3 is 2.96 bits per heavy atom. The van der Waals surface area contributed by atoms with Gasteiger partial charge in [0.2, 0.25) is 5.91 Å². The Kier molecular flexibility index (Phi) is 5.22. The van der Waals surface area contributed by atoms with Crippen LogP contribution >= 0.6 is 23.1 Å². The number of hydrogen-bond acceptors (Lipinski definition) is 5. The van der Waals surface area contributed by atoms with Crippen molar-refractivity contribution in [2.75, 3.05) is 5.75 Å². The second kappa shape index (κ2) is 7.76. The molecule has 1 amide bonds. The van der Waals surface area contributed by atoms with E-state index >= 15 is 0 Å². The van der Waals surface area contributed by atoms with Crippen LogP contribution in [0.5, 0.6) is 0 Å². The van der Waals surface area contributed by atoms with Gasteiger partial charge in [0.15, 0.2) is 0 Å². The number of nitrogens with zero attached hydrogens (tertiary/aromatic N) is 2. The van der Waals surface area contributed by atoms with Gasteiger partial charge in [-0.05, 0) is 60.7 Å². The highest BCUT2D eigenvalue weighted by Gasteiger charge is 2.15. The van der Waals surface area contributed by atoms with Gasteiger partial charge >= 0.3 is 0 Å². The lowest BCUT2D eigenvalue weighted by Crippen LogP contribution is -2.28. The maximum atomic E-state index is 12.4. The molecule has 0 radical (unpaired) electrons. The van der Waals surface area contributed by atoms with E-state index in [0.717, 1.165) is 21.7 Å². The summed E-state index contributed by atoms with van der Waals surface area (Å²) in [4.78, 5) is 20.9. The van der Waals surface area contributed by atoms with Crippen LogP contribution in [0.15, 0.2) is 41.0 Å². The van der Waals surface area contributed by atoms with Crippen LogP contribution in [-0.2, 0) is 17.6 Å². The van der Waals surface area contributed by atoms with Crippen molar-refractivity contribution in [2.24, 2.45) is 0 Å². The number of hydrogen-bond donors (Lipinski definition) is 1. The molecule has 134 valence electrons. The van der Waals surface area contributed by atoms with E-state index in [1.807, 2.05) is 11.4 Å². The van der Waals surface area contributed by atoms with Gasteiger partial charge in [0, 0.05) is 0 Å². The van der Waals surface area contributed by atoms with Gasteiger partial charge in [-0.3, -0.25) is 4.79 Å². The Labute approximate surface area is 161 Å². The fourth-order valence-electron chi connectivity index (χ4n) is 3.39. The molecule has 0 bridgehead atoms. The molecule has 0 spiro atoms. The Morgan fingerprint density at radius 1 is 1.23 bits per heavy atom. The topological polar surface area (TPSA) is 54.9 Å². The summed E-state index contributed by atoms with van der Waals surface area (Å²) < 4.78 is 1.05. The number of carbonyl (C=O) groups is 1. The first kappa shape index (κ1) is 17.5. The zero-order chi connectivity index (χ0) is 17.9. The molecule has 4 nitrogen and oxygen atoms in total. The standard InChI is InChI=1S/C20H21N3OS2/c1-13(15-7-6-14-4-2-3-5-16(14)10-15)23-18(24)11-26-20-19-17(8-9-25-19)21-12-22-20/h6-10,12-13H,2-5,11H2,1H3,(H,23,24)/t13-/m1/s1. The molecule has 2 aromatic heterocycles. The summed E-state index contributed by atoms with van der Waals surface area (Å²) in [5.74, 6) is 0.391. The molecule has 0 fully saturated rings. The second-order valence-corrected chi connectivity index (χ2v) is 8.51. The monoisotopic (exact) mass is 383 g/mol. The molecular formula is C20H21N3OS2. The molecule has 1 aliphatic rings. The number of rotatable bonds is 5. The number of thiophene rings is 1. The highest BCUT2D eigenvalue weighted by Crippen LogP contribution is 2.29. The maximum absolute atomic E-state index is 12.4. The minimum Gasteiger partial charge on any atom is -0.349 e. The average Bonchev–Trinajstić information content (AvgIpc) is 3.15. The summed E-state index contributed by atoms with van der Waals surface area (Å²) in [7, 11) is 0. The van der Waals surface area contributed by atoms with Crippen LogP contribution in [0.4, 0.5) is 0 Å². The number of thioether (sulfide) groups is 1. The molecule has 6 heteroatoms. The predicted octanol–water partition coefficient (Wildman–Crippen LogP) is 4.54. The summed E-state index contributed by atoms with van der Waals surface area (Å²) in [6.45, 7) is 2.05. The molecule has 3 aromatic rings. The first-order valence-corrected chi connectivity index (χ1v) is 10.8. The van der Waals surface area contributed by atoms with E-state index in [1.165, 1.54) is 47.7 Å². The van der Waals surface area contributed by atoms with Crippen LogP contribution in [0.3, 0.4) is 0 Å². The Morgan fingerprint density at radius 2 is 2.08 bits per heavy atom. The van der Waals surface area contributed by atoms with Crippen LogP contribution in [-0.4, -0.2) is 21.6 Å². The van der Waals surface area contributed by atoms with E-state index in [2.05, 4.69) is 40.4 Å². The lowest BCUT2D eigenvalue weighted by molar-refractivity contribution is -0.119. The molecule has 0 aliphatic heterocycles. The molecule has 4 rings (SSSR count). The molecule has 1 aromatic carbocycles. The van der Waals surface area contributed by atoms with Crippen LogP contribution in [0, 0.1) is 0 Å². The van der Waals surface area contributed by atoms with E-state index in [-0.39, 0.29) is 11.9 Å². The molecule has 1 aliphatic carbocycles. The van der Waals surface area contributed by atoms with E-state index in [9.17, 15) is 4.79 Å². The number of amides is 1. The number of aromatic nitrogens is 2. The minimum absolute atomic E-state index is 0.0162. The summed E-state index contributed by atoms with van der Waals surface area (Å²) in [6, 6.07) is 8.65. The smallest absolute Gasteiger partial charge is 0.230 e. The molecular weight excluding hydrogens is 362 g/mol. The first-order valence-electron chi connectivity index (χ1n) is 8.93. The fourth-order valence-corrected chi connectivity index (χ4v) is 5.15. The van der Waals surface area contributed by atoms with Crippen molar-refractivity contribution >= 4 is 39.2 Å². The van der Waals surface area contributed by atoms with Crippen LogP contribution in [0.25, 0.3) is 10.2 Å². The quantitative estimate of drug-likeness (QED) is 0.519. The molecule has 0 saturated carbocycles. The third kappa shape index (κ3) is 3.76. The van der Waals surface area contributed by atoms with Crippen LogP contribution < -0.4 is 5.32 Å². The first-order chi connectivity index (χ1) is 12.7. The maximum Gasteiger partial charge on any atom is 0.230 e. The third-order valence-corrected chi connectivity index (χ3v) is 6.83. The number of fused-ring (bicyclic) bond motifs is 2. The van der Waals surface area contributed by atoms with Crippen molar-refractivity contribution in [3.63, 3.8) is 0 Å². The molecule has 2 heterocycles. The molecule has 0 saturated heterocycles. The number of nitrogens with one attached hydrogen (secondary N) is 1. The van der Waals surface area contributed by atoms with Gasteiger partial charge in [0.1, 0.15) is 11.4 Å². The van der Waals surface area contributed by atoms with Crippen molar-refractivity contribution in [3.05, 3.63) is 52.7 Å². The van der Waals surface area contributed by atoms with Crippen molar-refractivity contribution < 1.29 is 4.79 Å². The van der Waals surface area contributed by atoms with Gasteiger partial charge in [0.25, 0.3) is 0 Å². The van der Waals surface area contributed by atoms with Crippen LogP contribution in [0.2, 0.25) is 0 Å². The summed E-state index contributed by atoms with van der Waals surface area (Å²) >= 11 is 3.08. The fraction of sp³-hybridized carbons (Fsp3) is 0.350. The van der Waals surface area contributed by atoms with Gasteiger partial charge in [-0.15, -0.1) is 11.3 Å². The number of benzene rings is 1. The normalized spacial score (nSPS) is 14.8. The van der Waals surface area contributed by atoms with Gasteiger partial charge in [-0.25, -0.2) is 9.97 Å². The lowest BCUT2D eigenvalue weighted by Gasteiger charge is -2.20. The molecule has 1 N–H and O–H groups in total. The van der Waals surface area contributed by atoms with E-state index in [0.29, 0.717) is 5.75 Å². The molecule has 1 atom stereocenters. The number of aryl methyl sites for hydroxylation is 2. The van der Waals surface area contributed by atoms with Crippen LogP contribution in [0.1, 0.15) is 42.5 Å². The highest BCUT2D eigenvalue weighted by atomic mass is 32.2. The highest BCUT2D eigenvalue weighted by molar-refractivity contribution is 8.00. The largest absolute Gasteiger partial charge is 0.349 e. The minimum atomic E-state index is 0.0162. The summed E-state index contributed by atoms with van der Waals surface area (Å²) in [5, 5.41) is 5.99. The third-order valence-electron chi connectivity index (χ3n) is 4.80. The SMILES string of the molecule is C[C@@H](NC(=O)CSc1ncnc2ccsc12)c1ccc2c(c1)CCCC2. The Bertz CT molecular complexity index is 938. The zero-order valence-electron chi connectivity index (χ0n) is 14.7. The predicted molar refractivity (Wildman–Crippen MR) is 108 cm³/mol. The van der Waals surface area contributed by atoms with Crippen molar-refractivity contribution in [1.29, 1.82) is 0 Å². The van der Waals surface area contributed by atoms with E-state index in [4.69, 9.17) is 0 Å². The van der Waals surface area contributed by atoms with E-state index in [1.54, 1.807) is 17.7 Å². The summed E-state index contributed by atoms with van der Waals surface area (Å²) in [5.41, 5.74) is 5.05. The average molecular weight is 384 g/mol. The number of carbonyl (C=O) groups excluding carboxylic acids is 1. The van der Waals surface area contributed by atoms with Gasteiger partial charge in [0.05, 0.1) is 22.0 Å². The second-order valence-electron chi connectivity index (χ2n) is 6.63. The van der Waals surface area contributed by atoms with Gasteiger partial charge in [-0.1, -0.05) is 30.0 Å². The van der Waals surface area contributed by atoms with E-state index < -0.39 is 0 Å². The van der Waals surface area contributed by atoms with Crippen molar-refractivity contribution in [2.45, 2.75) is 43.7 Å². The van der Waals surface area contributed by atoms with Gasteiger partial charge < -0.3 is 5.32 Å². The molecule has 26 heavy (non-hydrogen) atoms. The van der Waals surface area contributed by atoms with Crippen molar-refractivity contribution in [1.82, 2.24) is 15.3 Å². The zero-order valence-corrected chi connectivity index (χ0v) is 16.3. The molecule has 0 unspecified atom stereocenters. The lowest BCUT2D eigenvalue weighted by atomic mass is 9.89. The Balaban J connectivity index is 1.38. The van der Waals surface area contributed by atoms with Crippen molar-refractivity contribution in [3.8, 4) is 0 Å². The Hall–Kier alpha value is -1.92. The van der Waals surface area contributed by atoms with Gasteiger partial charge in [-0.2, -0.15) is 0 Å². The summed E-state index contributed by atoms with van der Waals surface area (Å²) in [6.07, 6.45) is 6.46.